The fraction of sp³-hybridized carbons (Fsp3) is 1.00. The van der Waals surface area contributed by atoms with Crippen LogP contribution in [0.5, 0.6) is 0 Å². The second kappa shape index (κ2) is 4.13. The summed E-state index contributed by atoms with van der Waals surface area (Å²) in [5, 5.41) is 0. The molecule has 1 atom stereocenters. The van der Waals surface area contributed by atoms with Crippen LogP contribution in [0.25, 0.3) is 0 Å². The van der Waals surface area contributed by atoms with Crippen LogP contribution in [0.15, 0.2) is 0 Å². The molecule has 1 unspecified atom stereocenters. The summed E-state index contributed by atoms with van der Waals surface area (Å²) in [6.07, 6.45) is -1.91. The predicted octanol–water partition coefficient (Wildman–Crippen LogP) is -2.33. The highest BCUT2D eigenvalue weighted by Gasteiger charge is 2.35. The maximum Gasteiger partial charge on any atom is 0.402 e. The highest BCUT2D eigenvalue weighted by Crippen LogP contribution is 2.15. The van der Waals surface area contributed by atoms with Crippen LogP contribution in [0.2, 0.25) is 0 Å². The Hall–Kier alpha value is -0.380. The largest absolute Gasteiger partial charge is 0.402 e. The van der Waals surface area contributed by atoms with Crippen molar-refractivity contribution in [1.82, 2.24) is 4.13 Å². The molecule has 16 heavy (non-hydrogen) atoms. The van der Waals surface area contributed by atoms with Crippen LogP contribution in [-0.4, -0.2) is 38.2 Å². The average Bonchev–Trinajstić information content (AvgIpc) is 2.22. The van der Waals surface area contributed by atoms with E-state index in [1.807, 2.05) is 0 Å². The van der Waals surface area contributed by atoms with E-state index in [1.54, 1.807) is 0 Å². The molecule has 0 aromatic rings. The molecule has 0 aliphatic carbocycles. The lowest BCUT2D eigenvalue weighted by atomic mass is 10.7. The van der Waals surface area contributed by atoms with Gasteiger partial charge in [0.2, 0.25) is 6.29 Å². The number of halogens is 1. The molecule has 1 fully saturated rings. The molecule has 0 aromatic carbocycles. The summed E-state index contributed by atoms with van der Waals surface area (Å²) in [4.78, 5) is 0. The summed E-state index contributed by atoms with van der Waals surface area (Å²) in [5.41, 5.74) is 0. The van der Waals surface area contributed by atoms with E-state index in [-0.39, 0.29) is 0 Å². The second-order valence-corrected chi connectivity index (χ2v) is 6.18. The van der Waals surface area contributed by atoms with Crippen molar-refractivity contribution in [1.29, 1.82) is 0 Å². The van der Waals surface area contributed by atoms with Crippen molar-refractivity contribution >= 4 is 31.1 Å². The molecule has 1 aliphatic rings. The summed E-state index contributed by atoms with van der Waals surface area (Å²) in [6.45, 7) is -0.810. The lowest BCUT2D eigenvalue weighted by Gasteiger charge is -2.06. The first-order valence-electron chi connectivity index (χ1n) is 3.23. The molecule has 14 heteroatoms. The van der Waals surface area contributed by atoms with E-state index in [0.717, 1.165) is 0 Å². The van der Waals surface area contributed by atoms with Crippen molar-refractivity contribution < 1.29 is 41.7 Å². The quantitative estimate of drug-likeness (QED) is 0.565. The molecule has 0 radical (unpaired) electrons. The van der Waals surface area contributed by atoms with Crippen molar-refractivity contribution in [2.45, 2.75) is 6.29 Å². The van der Waals surface area contributed by atoms with E-state index in [1.165, 1.54) is 0 Å². The number of hydrogen-bond donors (Lipinski definition) is 1. The summed E-state index contributed by atoms with van der Waals surface area (Å²) in [6, 6.07) is 0. The SMILES string of the molecule is O=S(=O)(F)NS(=O)(=O)OC1COS(=O)(=O)O1. The van der Waals surface area contributed by atoms with Gasteiger partial charge >= 0.3 is 31.1 Å². The summed E-state index contributed by atoms with van der Waals surface area (Å²) >= 11 is 0. The van der Waals surface area contributed by atoms with Gasteiger partial charge in [-0.15, -0.1) is 0 Å². The summed E-state index contributed by atoms with van der Waals surface area (Å²) in [5.74, 6) is 0. The smallest absolute Gasteiger partial charge is 0.243 e. The first-order valence-corrected chi connectivity index (χ1v) is 7.36. The maximum absolute atomic E-state index is 11.9. The van der Waals surface area contributed by atoms with E-state index < -0.39 is 44.0 Å². The van der Waals surface area contributed by atoms with E-state index >= 15 is 0 Å². The zero-order valence-corrected chi connectivity index (χ0v) is 9.51. The van der Waals surface area contributed by atoms with Crippen LogP contribution < -0.4 is 4.13 Å². The molecule has 0 aromatic heterocycles. The van der Waals surface area contributed by atoms with Gasteiger partial charge in [0.15, 0.2) is 0 Å². The van der Waals surface area contributed by atoms with Crippen LogP contribution in [0, 0.1) is 0 Å². The van der Waals surface area contributed by atoms with Crippen LogP contribution in [0.1, 0.15) is 0 Å². The fourth-order valence-electron chi connectivity index (χ4n) is 0.653. The molecule has 96 valence electrons. The van der Waals surface area contributed by atoms with Gasteiger partial charge in [-0.1, -0.05) is 8.01 Å². The minimum Gasteiger partial charge on any atom is -0.243 e. The zero-order chi connectivity index (χ0) is 12.6. The van der Waals surface area contributed by atoms with Gasteiger partial charge in [0, 0.05) is 0 Å². The van der Waals surface area contributed by atoms with Crippen LogP contribution >= 0.6 is 0 Å². The molecular weight excluding hydrogens is 297 g/mol. The third-order valence-corrected chi connectivity index (χ3v) is 3.97. The van der Waals surface area contributed by atoms with Gasteiger partial charge in [-0.3, -0.25) is 0 Å². The van der Waals surface area contributed by atoms with Gasteiger partial charge in [-0.2, -0.15) is 25.3 Å². The molecule has 0 spiro atoms. The molecule has 0 amide bonds. The standard InChI is InChI=1S/C2H4FNO9S3/c3-14(5,6)4-15(7,8)12-2-1-11-16(9,10)13-2/h2,4H,1H2. The highest BCUT2D eigenvalue weighted by atomic mass is 32.3. The van der Waals surface area contributed by atoms with Crippen LogP contribution in [0.4, 0.5) is 3.89 Å². The highest BCUT2D eigenvalue weighted by molar-refractivity contribution is 8.00. The summed E-state index contributed by atoms with van der Waals surface area (Å²) < 4.78 is 86.3. The van der Waals surface area contributed by atoms with Gasteiger partial charge in [0.1, 0.15) is 6.61 Å². The second-order valence-electron chi connectivity index (χ2n) is 2.29. The van der Waals surface area contributed by atoms with Gasteiger partial charge in [-0.05, 0) is 0 Å². The normalized spacial score (nSPS) is 25.7. The number of nitrogens with one attached hydrogen (secondary N) is 1. The topological polar surface area (TPSA) is 142 Å². The molecule has 1 rings (SSSR count). The van der Waals surface area contributed by atoms with E-state index in [2.05, 4.69) is 12.5 Å². The van der Waals surface area contributed by atoms with E-state index in [4.69, 9.17) is 0 Å². The van der Waals surface area contributed by atoms with Crippen molar-refractivity contribution in [3.8, 4) is 0 Å². The molecule has 1 aliphatic heterocycles. The van der Waals surface area contributed by atoms with E-state index in [0.29, 0.717) is 4.13 Å². The molecule has 1 N–H and O–H groups in total. The minimum atomic E-state index is -5.56. The van der Waals surface area contributed by atoms with Gasteiger partial charge < -0.3 is 0 Å². The number of rotatable bonds is 4. The first-order chi connectivity index (χ1) is 6.99. The van der Waals surface area contributed by atoms with Gasteiger partial charge in [0.25, 0.3) is 0 Å². The zero-order valence-electron chi connectivity index (χ0n) is 7.06. The Bertz CT molecular complexity index is 558. The Balaban J connectivity index is 2.69. The summed E-state index contributed by atoms with van der Waals surface area (Å²) in [7, 11) is -15.0. The Labute approximate surface area is 90.2 Å². The molecule has 0 bridgehead atoms. The maximum atomic E-state index is 11.9. The monoisotopic (exact) mass is 301 g/mol. The van der Waals surface area contributed by atoms with E-state index in [9.17, 15) is 29.1 Å². The first kappa shape index (κ1) is 13.7. The molecule has 0 saturated carbocycles. The Kier molecular flexibility index (Phi) is 3.53. The van der Waals surface area contributed by atoms with Gasteiger partial charge in [-0.25, -0.2) is 12.5 Å². The number of hydrogen-bond acceptors (Lipinski definition) is 9. The molecule has 1 heterocycles. The minimum absolute atomic E-state index is 0.475. The third-order valence-electron chi connectivity index (χ3n) is 1.01. The average molecular weight is 301 g/mol. The Morgan fingerprint density at radius 3 is 2.25 bits per heavy atom. The third kappa shape index (κ3) is 4.64. The van der Waals surface area contributed by atoms with Crippen molar-refractivity contribution in [3.05, 3.63) is 0 Å². The molecule has 10 nitrogen and oxygen atoms in total. The van der Waals surface area contributed by atoms with Crippen molar-refractivity contribution in [3.63, 3.8) is 0 Å². The fourth-order valence-corrected chi connectivity index (χ4v) is 2.90. The molecular formula is C2H4FNO9S3. The van der Waals surface area contributed by atoms with Crippen molar-refractivity contribution in [2.24, 2.45) is 0 Å². The Morgan fingerprint density at radius 2 is 1.88 bits per heavy atom. The van der Waals surface area contributed by atoms with Gasteiger partial charge in [0.05, 0.1) is 0 Å². The lowest BCUT2D eigenvalue weighted by Crippen LogP contribution is -2.33. The van der Waals surface area contributed by atoms with Crippen molar-refractivity contribution in [2.75, 3.05) is 6.61 Å². The van der Waals surface area contributed by atoms with Crippen LogP contribution in [-0.2, 0) is 43.7 Å². The molecule has 1 saturated heterocycles. The van der Waals surface area contributed by atoms with Crippen LogP contribution in [0.3, 0.4) is 0 Å². The predicted molar refractivity (Wildman–Crippen MR) is 42.9 cm³/mol. The lowest BCUT2D eigenvalue weighted by molar-refractivity contribution is 0.0305. The Morgan fingerprint density at radius 1 is 1.31 bits per heavy atom.